The number of nitrogens with zero attached hydrogens (tertiary/aromatic N) is 1. The van der Waals surface area contributed by atoms with Gasteiger partial charge in [-0.25, -0.2) is 4.79 Å². The van der Waals surface area contributed by atoms with Gasteiger partial charge in [0.1, 0.15) is 5.75 Å². The molecule has 6 nitrogen and oxygen atoms in total. The van der Waals surface area contributed by atoms with Gasteiger partial charge in [-0.3, -0.25) is 4.79 Å². The lowest BCUT2D eigenvalue weighted by Crippen LogP contribution is -2.53. The zero-order valence-corrected chi connectivity index (χ0v) is 14.4. The van der Waals surface area contributed by atoms with Crippen molar-refractivity contribution < 1.29 is 24.5 Å². The first kappa shape index (κ1) is 18.3. The Labute approximate surface area is 142 Å². The van der Waals surface area contributed by atoms with Crippen molar-refractivity contribution in [1.29, 1.82) is 0 Å². The van der Waals surface area contributed by atoms with Crippen molar-refractivity contribution in [3.63, 3.8) is 0 Å². The smallest absolute Gasteiger partial charge is 0.335 e. The average Bonchev–Trinajstić information content (AvgIpc) is 2.55. The molecule has 1 aliphatic rings. The molecular weight excluding hydrogens is 310 g/mol. The number of amides is 1. The van der Waals surface area contributed by atoms with Crippen LogP contribution in [0.5, 0.6) is 5.75 Å². The number of carbonyl (C=O) groups excluding carboxylic acids is 1. The minimum atomic E-state index is -1.73. The standard InChI is InChI=1S/C18H25NO5/c1-12(2)14-5-4-6-15(11-14)24-13(3)16(20)19-9-7-18(23,8-10-19)17(21)22/h4-6,11-13,23H,7-10H2,1-3H3,(H,21,22). The van der Waals surface area contributed by atoms with Gasteiger partial charge in [-0.2, -0.15) is 0 Å². The van der Waals surface area contributed by atoms with E-state index in [-0.39, 0.29) is 31.8 Å². The van der Waals surface area contributed by atoms with Gasteiger partial charge < -0.3 is 19.8 Å². The Kier molecular flexibility index (Phi) is 5.49. The second-order valence-corrected chi connectivity index (χ2v) is 6.65. The van der Waals surface area contributed by atoms with Gasteiger partial charge in [0.05, 0.1) is 0 Å². The van der Waals surface area contributed by atoms with Crippen LogP contribution < -0.4 is 4.74 Å². The molecular formula is C18H25NO5. The lowest BCUT2D eigenvalue weighted by atomic mass is 9.91. The first-order chi connectivity index (χ1) is 11.2. The van der Waals surface area contributed by atoms with Crippen LogP contribution in [-0.4, -0.2) is 51.8 Å². The maximum atomic E-state index is 12.5. The zero-order valence-electron chi connectivity index (χ0n) is 14.4. The van der Waals surface area contributed by atoms with Crippen LogP contribution in [0.15, 0.2) is 24.3 Å². The molecule has 2 rings (SSSR count). The monoisotopic (exact) mass is 335 g/mol. The van der Waals surface area contributed by atoms with Gasteiger partial charge in [0, 0.05) is 25.9 Å². The molecule has 1 aromatic rings. The lowest BCUT2D eigenvalue weighted by molar-refractivity contribution is -0.166. The predicted molar refractivity (Wildman–Crippen MR) is 89.0 cm³/mol. The summed E-state index contributed by atoms with van der Waals surface area (Å²) in [5.41, 5.74) is -0.594. The summed E-state index contributed by atoms with van der Waals surface area (Å²) >= 11 is 0. The molecule has 24 heavy (non-hydrogen) atoms. The maximum absolute atomic E-state index is 12.5. The van der Waals surface area contributed by atoms with Gasteiger partial charge in [-0.1, -0.05) is 26.0 Å². The molecule has 1 atom stereocenters. The highest BCUT2D eigenvalue weighted by atomic mass is 16.5. The molecule has 1 amide bonds. The van der Waals surface area contributed by atoms with Crippen molar-refractivity contribution in [3.05, 3.63) is 29.8 Å². The van der Waals surface area contributed by atoms with Gasteiger partial charge in [0.15, 0.2) is 11.7 Å². The topological polar surface area (TPSA) is 87.1 Å². The van der Waals surface area contributed by atoms with Crippen LogP contribution in [0.25, 0.3) is 0 Å². The van der Waals surface area contributed by atoms with Crippen LogP contribution in [0.3, 0.4) is 0 Å². The molecule has 0 bridgehead atoms. The highest BCUT2D eigenvalue weighted by Gasteiger charge is 2.41. The first-order valence-corrected chi connectivity index (χ1v) is 8.24. The molecule has 1 saturated heterocycles. The molecule has 0 spiro atoms. The van der Waals surface area contributed by atoms with Crippen molar-refractivity contribution >= 4 is 11.9 Å². The number of likely N-dealkylation sites (tertiary alicyclic amines) is 1. The minimum Gasteiger partial charge on any atom is -0.481 e. The number of carbonyl (C=O) groups is 2. The van der Waals surface area contributed by atoms with E-state index in [1.807, 2.05) is 24.3 Å². The first-order valence-electron chi connectivity index (χ1n) is 8.24. The number of carboxylic acid groups (broad SMARTS) is 1. The van der Waals surface area contributed by atoms with E-state index >= 15 is 0 Å². The second kappa shape index (κ2) is 7.21. The van der Waals surface area contributed by atoms with E-state index in [9.17, 15) is 14.7 Å². The summed E-state index contributed by atoms with van der Waals surface area (Å²) in [5.74, 6) is -0.418. The number of aliphatic hydroxyl groups is 1. The molecule has 1 aliphatic heterocycles. The summed E-state index contributed by atoms with van der Waals surface area (Å²) in [5, 5.41) is 19.0. The molecule has 1 fully saturated rings. The Morgan fingerprint density at radius 2 is 1.83 bits per heavy atom. The Morgan fingerprint density at radius 1 is 1.21 bits per heavy atom. The molecule has 6 heteroatoms. The minimum absolute atomic E-state index is 0.0314. The largest absolute Gasteiger partial charge is 0.481 e. The van der Waals surface area contributed by atoms with E-state index in [1.165, 1.54) is 0 Å². The van der Waals surface area contributed by atoms with Crippen molar-refractivity contribution in [2.75, 3.05) is 13.1 Å². The summed E-state index contributed by atoms with van der Waals surface area (Å²) in [7, 11) is 0. The van der Waals surface area contributed by atoms with Gasteiger partial charge in [-0.15, -0.1) is 0 Å². The summed E-state index contributed by atoms with van der Waals surface area (Å²) in [6.07, 6.45) is -0.601. The van der Waals surface area contributed by atoms with Gasteiger partial charge in [0.25, 0.3) is 5.91 Å². The van der Waals surface area contributed by atoms with Crippen molar-refractivity contribution in [2.45, 2.75) is 51.2 Å². The highest BCUT2D eigenvalue weighted by molar-refractivity contribution is 5.82. The van der Waals surface area contributed by atoms with E-state index in [2.05, 4.69) is 13.8 Å². The summed E-state index contributed by atoms with van der Waals surface area (Å²) in [6, 6.07) is 7.65. The van der Waals surface area contributed by atoms with E-state index in [1.54, 1.807) is 11.8 Å². The average molecular weight is 335 g/mol. The number of piperidine rings is 1. The molecule has 1 heterocycles. The fourth-order valence-electron chi connectivity index (χ4n) is 2.77. The molecule has 0 radical (unpaired) electrons. The SMILES string of the molecule is CC(Oc1cccc(C(C)C)c1)C(=O)N1CCC(O)(C(=O)O)CC1. The highest BCUT2D eigenvalue weighted by Crippen LogP contribution is 2.24. The Bertz CT molecular complexity index is 605. The Hall–Kier alpha value is -2.08. The number of ether oxygens (including phenoxy) is 1. The Balaban J connectivity index is 1.96. The predicted octanol–water partition coefficient (Wildman–Crippen LogP) is 2.02. The molecule has 2 N–H and O–H groups in total. The van der Waals surface area contributed by atoms with Gasteiger partial charge in [-0.05, 0) is 30.5 Å². The molecule has 132 valence electrons. The number of rotatable bonds is 5. The van der Waals surface area contributed by atoms with Crippen molar-refractivity contribution in [1.82, 2.24) is 4.90 Å². The van der Waals surface area contributed by atoms with E-state index < -0.39 is 17.7 Å². The van der Waals surface area contributed by atoms with Gasteiger partial charge >= 0.3 is 5.97 Å². The summed E-state index contributed by atoms with van der Waals surface area (Å²) in [6.45, 7) is 6.28. The zero-order chi connectivity index (χ0) is 17.9. The van der Waals surface area contributed by atoms with Crippen molar-refractivity contribution in [2.24, 2.45) is 0 Å². The third kappa shape index (κ3) is 4.06. The van der Waals surface area contributed by atoms with Crippen LogP contribution in [0, 0.1) is 0 Å². The fraction of sp³-hybridized carbons (Fsp3) is 0.556. The van der Waals surface area contributed by atoms with Crippen LogP contribution >= 0.6 is 0 Å². The Morgan fingerprint density at radius 3 is 2.38 bits per heavy atom. The van der Waals surface area contributed by atoms with Crippen molar-refractivity contribution in [3.8, 4) is 5.75 Å². The third-order valence-corrected chi connectivity index (χ3v) is 4.49. The number of carboxylic acids is 1. The number of hydrogen-bond donors (Lipinski definition) is 2. The molecule has 1 unspecified atom stereocenters. The molecule has 0 saturated carbocycles. The van der Waals surface area contributed by atoms with Crippen LogP contribution in [0.2, 0.25) is 0 Å². The quantitative estimate of drug-likeness (QED) is 0.859. The fourth-order valence-corrected chi connectivity index (χ4v) is 2.77. The second-order valence-electron chi connectivity index (χ2n) is 6.65. The number of benzene rings is 1. The van der Waals surface area contributed by atoms with Gasteiger partial charge in [0.2, 0.25) is 0 Å². The van der Waals surface area contributed by atoms with Crippen LogP contribution in [0.4, 0.5) is 0 Å². The third-order valence-electron chi connectivity index (χ3n) is 4.49. The number of hydrogen-bond acceptors (Lipinski definition) is 4. The van der Waals surface area contributed by atoms with E-state index in [0.29, 0.717) is 11.7 Å². The number of aliphatic carboxylic acids is 1. The lowest BCUT2D eigenvalue weighted by Gasteiger charge is -2.36. The summed E-state index contributed by atoms with van der Waals surface area (Å²) in [4.78, 5) is 25.1. The summed E-state index contributed by atoms with van der Waals surface area (Å²) < 4.78 is 5.75. The molecule has 0 aromatic heterocycles. The molecule has 0 aliphatic carbocycles. The van der Waals surface area contributed by atoms with Crippen LogP contribution in [0.1, 0.15) is 45.1 Å². The van der Waals surface area contributed by atoms with E-state index in [4.69, 9.17) is 9.84 Å². The maximum Gasteiger partial charge on any atom is 0.335 e. The normalized spacial score (nSPS) is 18.3. The van der Waals surface area contributed by atoms with E-state index in [0.717, 1.165) is 5.56 Å². The van der Waals surface area contributed by atoms with Crippen LogP contribution in [-0.2, 0) is 9.59 Å². The molecule has 1 aromatic carbocycles.